The molecule has 0 N–H and O–H groups in total. The Bertz CT molecular complexity index is 686. The number of halogens is 1. The first kappa shape index (κ1) is 11.2. The Labute approximate surface area is 110 Å². The van der Waals surface area contributed by atoms with E-state index in [1.807, 2.05) is 22.7 Å². The van der Waals surface area contributed by atoms with E-state index in [0.717, 1.165) is 17.9 Å². The van der Waals surface area contributed by atoms with Gasteiger partial charge in [-0.1, -0.05) is 41.4 Å². The number of benzene rings is 1. The van der Waals surface area contributed by atoms with E-state index in [4.69, 9.17) is 11.6 Å². The average Bonchev–Trinajstić information content (AvgIpc) is 2.75. The van der Waals surface area contributed by atoms with Crippen LogP contribution in [0.15, 0.2) is 42.6 Å². The zero-order chi connectivity index (χ0) is 12.5. The first-order valence-corrected chi connectivity index (χ1v) is 6.15. The van der Waals surface area contributed by atoms with Crippen LogP contribution in [0.1, 0.15) is 17.0 Å². The second kappa shape index (κ2) is 4.42. The Morgan fingerprint density at radius 3 is 2.61 bits per heavy atom. The highest BCUT2D eigenvalue weighted by atomic mass is 35.5. The highest BCUT2D eigenvalue weighted by Crippen LogP contribution is 2.14. The Hall–Kier alpha value is -1.87. The number of nitrogens with zero attached hydrogens (tertiary/aromatic N) is 3. The number of rotatable bonds is 2. The Morgan fingerprint density at radius 2 is 1.83 bits per heavy atom. The van der Waals surface area contributed by atoms with Gasteiger partial charge < -0.3 is 0 Å². The summed E-state index contributed by atoms with van der Waals surface area (Å²) in [6.07, 6.45) is 2.60. The second-order valence-electron chi connectivity index (χ2n) is 4.35. The monoisotopic (exact) mass is 257 g/mol. The SMILES string of the molecule is Cc1ccc(Cc2nnc3ccc(Cl)cn23)cc1. The van der Waals surface area contributed by atoms with Crippen LogP contribution in [-0.4, -0.2) is 14.6 Å². The van der Waals surface area contributed by atoms with Crippen molar-refractivity contribution in [1.29, 1.82) is 0 Å². The predicted molar refractivity (Wildman–Crippen MR) is 72.0 cm³/mol. The molecule has 0 bridgehead atoms. The van der Waals surface area contributed by atoms with Gasteiger partial charge >= 0.3 is 0 Å². The minimum Gasteiger partial charge on any atom is -0.285 e. The Balaban J connectivity index is 1.99. The average molecular weight is 258 g/mol. The summed E-state index contributed by atoms with van der Waals surface area (Å²) in [5.41, 5.74) is 3.30. The van der Waals surface area contributed by atoms with Gasteiger partial charge in [-0.2, -0.15) is 0 Å². The van der Waals surface area contributed by atoms with E-state index < -0.39 is 0 Å². The third-order valence-corrected chi connectivity index (χ3v) is 3.14. The summed E-state index contributed by atoms with van der Waals surface area (Å²) in [6, 6.07) is 12.1. The third-order valence-electron chi connectivity index (χ3n) is 2.92. The molecule has 90 valence electrons. The summed E-state index contributed by atoms with van der Waals surface area (Å²) in [7, 11) is 0. The summed E-state index contributed by atoms with van der Waals surface area (Å²) < 4.78 is 1.93. The molecule has 0 aliphatic carbocycles. The summed E-state index contributed by atoms with van der Waals surface area (Å²) in [6.45, 7) is 2.08. The normalized spacial score (nSPS) is 11.0. The Morgan fingerprint density at radius 1 is 1.06 bits per heavy atom. The van der Waals surface area contributed by atoms with E-state index in [1.165, 1.54) is 11.1 Å². The van der Waals surface area contributed by atoms with Gasteiger partial charge in [0, 0.05) is 12.6 Å². The first-order valence-electron chi connectivity index (χ1n) is 5.77. The van der Waals surface area contributed by atoms with Crippen molar-refractivity contribution in [3.63, 3.8) is 0 Å². The fraction of sp³-hybridized carbons (Fsp3) is 0.143. The smallest absolute Gasteiger partial charge is 0.160 e. The molecule has 0 atom stereocenters. The predicted octanol–water partition coefficient (Wildman–Crippen LogP) is 3.28. The molecule has 0 aliphatic rings. The summed E-state index contributed by atoms with van der Waals surface area (Å²) >= 11 is 5.99. The van der Waals surface area contributed by atoms with Crippen LogP contribution in [-0.2, 0) is 6.42 Å². The number of hydrogen-bond donors (Lipinski definition) is 0. The molecular formula is C14H12ClN3. The van der Waals surface area contributed by atoms with Crippen molar-refractivity contribution >= 4 is 17.2 Å². The maximum absolute atomic E-state index is 5.99. The highest BCUT2D eigenvalue weighted by molar-refractivity contribution is 6.30. The standard InChI is InChI=1S/C14H12ClN3/c1-10-2-4-11(5-3-10)8-14-17-16-13-7-6-12(15)9-18(13)14/h2-7,9H,8H2,1H3. The minimum absolute atomic E-state index is 0.687. The van der Waals surface area contributed by atoms with E-state index in [9.17, 15) is 0 Å². The van der Waals surface area contributed by atoms with Crippen LogP contribution in [0.5, 0.6) is 0 Å². The van der Waals surface area contributed by atoms with E-state index in [-0.39, 0.29) is 0 Å². The highest BCUT2D eigenvalue weighted by Gasteiger charge is 2.06. The molecule has 0 unspecified atom stereocenters. The molecule has 0 saturated carbocycles. The van der Waals surface area contributed by atoms with Gasteiger partial charge in [0.05, 0.1) is 5.02 Å². The molecule has 1 aromatic carbocycles. The first-order chi connectivity index (χ1) is 8.72. The molecule has 3 aromatic rings. The van der Waals surface area contributed by atoms with E-state index >= 15 is 0 Å². The topological polar surface area (TPSA) is 30.2 Å². The zero-order valence-electron chi connectivity index (χ0n) is 9.97. The van der Waals surface area contributed by atoms with E-state index in [0.29, 0.717) is 5.02 Å². The number of pyridine rings is 1. The van der Waals surface area contributed by atoms with E-state index in [1.54, 1.807) is 0 Å². The Kier molecular flexibility index (Phi) is 2.76. The van der Waals surface area contributed by atoms with Gasteiger partial charge in [-0.25, -0.2) is 0 Å². The van der Waals surface area contributed by atoms with Crippen molar-refractivity contribution < 1.29 is 0 Å². The van der Waals surface area contributed by atoms with Crippen molar-refractivity contribution in [2.45, 2.75) is 13.3 Å². The van der Waals surface area contributed by atoms with Gasteiger partial charge in [0.1, 0.15) is 5.82 Å². The van der Waals surface area contributed by atoms with Gasteiger partial charge in [0.25, 0.3) is 0 Å². The van der Waals surface area contributed by atoms with Gasteiger partial charge in [0.15, 0.2) is 5.65 Å². The largest absolute Gasteiger partial charge is 0.285 e. The van der Waals surface area contributed by atoms with Crippen molar-refractivity contribution in [3.8, 4) is 0 Å². The summed E-state index contributed by atoms with van der Waals surface area (Å²) in [4.78, 5) is 0. The van der Waals surface area contributed by atoms with Gasteiger partial charge in [-0.15, -0.1) is 10.2 Å². The molecule has 4 heteroatoms. The minimum atomic E-state index is 0.687. The lowest BCUT2D eigenvalue weighted by Gasteiger charge is -2.01. The van der Waals surface area contributed by atoms with Crippen LogP contribution in [0.25, 0.3) is 5.65 Å². The number of fused-ring (bicyclic) bond motifs is 1. The molecule has 2 aromatic heterocycles. The fourth-order valence-electron chi connectivity index (χ4n) is 1.92. The lowest BCUT2D eigenvalue weighted by molar-refractivity contribution is 0.934. The quantitative estimate of drug-likeness (QED) is 0.705. The molecule has 0 aliphatic heterocycles. The molecule has 0 spiro atoms. The van der Waals surface area contributed by atoms with E-state index in [2.05, 4.69) is 41.4 Å². The van der Waals surface area contributed by atoms with Crippen molar-refractivity contribution in [2.75, 3.05) is 0 Å². The molecule has 3 rings (SSSR count). The molecule has 0 radical (unpaired) electrons. The molecular weight excluding hydrogens is 246 g/mol. The zero-order valence-corrected chi connectivity index (χ0v) is 10.7. The fourth-order valence-corrected chi connectivity index (χ4v) is 2.08. The molecule has 2 heterocycles. The maximum atomic E-state index is 5.99. The third kappa shape index (κ3) is 2.09. The number of hydrogen-bond acceptors (Lipinski definition) is 2. The van der Waals surface area contributed by atoms with Crippen LogP contribution in [0.3, 0.4) is 0 Å². The van der Waals surface area contributed by atoms with Crippen molar-refractivity contribution in [2.24, 2.45) is 0 Å². The summed E-state index contributed by atoms with van der Waals surface area (Å²) in [5.74, 6) is 0.899. The molecule has 0 amide bonds. The van der Waals surface area contributed by atoms with Gasteiger partial charge in [-0.05, 0) is 24.6 Å². The lowest BCUT2D eigenvalue weighted by atomic mass is 10.1. The van der Waals surface area contributed by atoms with Gasteiger partial charge in [0.2, 0.25) is 0 Å². The lowest BCUT2D eigenvalue weighted by Crippen LogP contribution is -1.96. The molecule has 0 saturated heterocycles. The summed E-state index contributed by atoms with van der Waals surface area (Å²) in [5, 5.41) is 9.02. The maximum Gasteiger partial charge on any atom is 0.160 e. The number of aromatic nitrogens is 3. The van der Waals surface area contributed by atoms with Crippen LogP contribution < -0.4 is 0 Å². The second-order valence-corrected chi connectivity index (χ2v) is 4.79. The van der Waals surface area contributed by atoms with Crippen LogP contribution in [0, 0.1) is 6.92 Å². The van der Waals surface area contributed by atoms with Crippen LogP contribution >= 0.6 is 11.6 Å². The number of aryl methyl sites for hydroxylation is 1. The van der Waals surface area contributed by atoms with Crippen molar-refractivity contribution in [3.05, 3.63) is 64.6 Å². The van der Waals surface area contributed by atoms with Gasteiger partial charge in [-0.3, -0.25) is 4.40 Å². The van der Waals surface area contributed by atoms with Crippen LogP contribution in [0.2, 0.25) is 5.02 Å². The molecule has 3 nitrogen and oxygen atoms in total. The molecule has 18 heavy (non-hydrogen) atoms. The molecule has 0 fully saturated rings. The van der Waals surface area contributed by atoms with Crippen molar-refractivity contribution in [1.82, 2.24) is 14.6 Å². The van der Waals surface area contributed by atoms with Crippen LogP contribution in [0.4, 0.5) is 0 Å².